The van der Waals surface area contributed by atoms with E-state index in [2.05, 4.69) is 16.8 Å². The van der Waals surface area contributed by atoms with Crippen molar-refractivity contribution in [2.45, 2.75) is 32.7 Å². The standard InChI is InChI=1S/C13H20ClN3/c1-2-3-10-4-5-17(9-10)13-12(14)6-11(7-15)8-16-13/h6,8,10H,2-5,7,9,15H2,1H3. The molecule has 1 unspecified atom stereocenters. The van der Waals surface area contributed by atoms with E-state index in [1.165, 1.54) is 19.3 Å². The number of hydrogen-bond donors (Lipinski definition) is 1. The first-order valence-corrected chi connectivity index (χ1v) is 6.71. The molecule has 1 atom stereocenters. The van der Waals surface area contributed by atoms with Gasteiger partial charge in [-0.3, -0.25) is 0 Å². The lowest BCUT2D eigenvalue weighted by atomic mass is 10.0. The minimum absolute atomic E-state index is 0.492. The zero-order valence-electron chi connectivity index (χ0n) is 10.3. The third-order valence-corrected chi connectivity index (χ3v) is 3.67. The van der Waals surface area contributed by atoms with Crippen molar-refractivity contribution in [3.63, 3.8) is 0 Å². The normalized spacial score (nSPS) is 19.9. The molecule has 1 aromatic heterocycles. The molecule has 0 bridgehead atoms. The summed E-state index contributed by atoms with van der Waals surface area (Å²) in [5.74, 6) is 1.72. The number of pyridine rings is 1. The summed E-state index contributed by atoms with van der Waals surface area (Å²) in [7, 11) is 0. The van der Waals surface area contributed by atoms with Gasteiger partial charge in [0, 0.05) is 25.8 Å². The van der Waals surface area contributed by atoms with Gasteiger partial charge in [0.25, 0.3) is 0 Å². The maximum absolute atomic E-state index is 6.25. The van der Waals surface area contributed by atoms with Crippen LogP contribution in [0.4, 0.5) is 5.82 Å². The lowest BCUT2D eigenvalue weighted by molar-refractivity contribution is 0.529. The van der Waals surface area contributed by atoms with Crippen molar-refractivity contribution in [2.75, 3.05) is 18.0 Å². The van der Waals surface area contributed by atoms with E-state index in [1.807, 2.05) is 12.3 Å². The number of hydrogen-bond acceptors (Lipinski definition) is 3. The van der Waals surface area contributed by atoms with Gasteiger partial charge in [0.15, 0.2) is 0 Å². The summed E-state index contributed by atoms with van der Waals surface area (Å²) in [6, 6.07) is 1.93. The van der Waals surface area contributed by atoms with Crippen LogP contribution in [0.1, 0.15) is 31.7 Å². The van der Waals surface area contributed by atoms with Gasteiger partial charge >= 0.3 is 0 Å². The molecule has 0 amide bonds. The summed E-state index contributed by atoms with van der Waals surface area (Å²) in [6.07, 6.45) is 5.64. The predicted molar refractivity (Wildman–Crippen MR) is 72.4 cm³/mol. The third kappa shape index (κ3) is 2.90. The third-order valence-electron chi connectivity index (χ3n) is 3.40. The Morgan fingerprint density at radius 2 is 2.41 bits per heavy atom. The van der Waals surface area contributed by atoms with E-state index >= 15 is 0 Å². The van der Waals surface area contributed by atoms with Crippen LogP contribution in [0.25, 0.3) is 0 Å². The van der Waals surface area contributed by atoms with Gasteiger partial charge in [-0.25, -0.2) is 4.98 Å². The molecule has 2 rings (SSSR count). The Bertz CT molecular complexity index is 381. The highest BCUT2D eigenvalue weighted by Crippen LogP contribution is 2.30. The fourth-order valence-corrected chi connectivity index (χ4v) is 2.79. The molecule has 0 aromatic carbocycles. The van der Waals surface area contributed by atoms with Gasteiger partial charge in [0.1, 0.15) is 5.82 Å². The zero-order valence-corrected chi connectivity index (χ0v) is 11.1. The Morgan fingerprint density at radius 3 is 3.06 bits per heavy atom. The van der Waals surface area contributed by atoms with E-state index < -0.39 is 0 Å². The molecule has 2 N–H and O–H groups in total. The highest BCUT2D eigenvalue weighted by molar-refractivity contribution is 6.33. The second-order valence-electron chi connectivity index (χ2n) is 4.74. The van der Waals surface area contributed by atoms with E-state index in [4.69, 9.17) is 17.3 Å². The molecule has 1 aromatic rings. The van der Waals surface area contributed by atoms with E-state index in [0.717, 1.165) is 35.4 Å². The molecule has 94 valence electrons. The largest absolute Gasteiger partial charge is 0.355 e. The summed E-state index contributed by atoms with van der Waals surface area (Å²) >= 11 is 6.25. The van der Waals surface area contributed by atoms with Crippen molar-refractivity contribution in [2.24, 2.45) is 11.7 Å². The van der Waals surface area contributed by atoms with Crippen LogP contribution in [-0.2, 0) is 6.54 Å². The molecular formula is C13H20ClN3. The van der Waals surface area contributed by atoms with Crippen LogP contribution in [0.15, 0.2) is 12.3 Å². The average molecular weight is 254 g/mol. The number of rotatable bonds is 4. The molecule has 1 saturated heterocycles. The average Bonchev–Trinajstić information content (AvgIpc) is 2.78. The first-order chi connectivity index (χ1) is 8.24. The molecule has 1 aliphatic rings. The minimum Gasteiger partial charge on any atom is -0.355 e. The van der Waals surface area contributed by atoms with Gasteiger partial charge < -0.3 is 10.6 Å². The lowest BCUT2D eigenvalue weighted by Crippen LogP contribution is -2.21. The molecule has 0 saturated carbocycles. The Kier molecular flexibility index (Phi) is 4.24. The van der Waals surface area contributed by atoms with E-state index in [9.17, 15) is 0 Å². The van der Waals surface area contributed by atoms with Crippen molar-refractivity contribution in [3.05, 3.63) is 22.8 Å². The molecule has 1 aliphatic heterocycles. The highest BCUT2D eigenvalue weighted by Gasteiger charge is 2.24. The van der Waals surface area contributed by atoms with Crippen molar-refractivity contribution >= 4 is 17.4 Å². The first-order valence-electron chi connectivity index (χ1n) is 6.34. The Labute approximate surface area is 108 Å². The van der Waals surface area contributed by atoms with Crippen LogP contribution in [0, 0.1) is 5.92 Å². The molecular weight excluding hydrogens is 234 g/mol. The van der Waals surface area contributed by atoms with Crippen molar-refractivity contribution in [3.8, 4) is 0 Å². The molecule has 0 radical (unpaired) electrons. The minimum atomic E-state index is 0.492. The molecule has 0 spiro atoms. The van der Waals surface area contributed by atoms with Crippen molar-refractivity contribution in [1.82, 2.24) is 4.98 Å². The summed E-state index contributed by atoms with van der Waals surface area (Å²) in [5, 5.41) is 0.727. The van der Waals surface area contributed by atoms with Crippen LogP contribution in [0.5, 0.6) is 0 Å². The quantitative estimate of drug-likeness (QED) is 0.897. The van der Waals surface area contributed by atoms with Crippen molar-refractivity contribution in [1.29, 1.82) is 0 Å². The SMILES string of the molecule is CCCC1CCN(c2ncc(CN)cc2Cl)C1. The van der Waals surface area contributed by atoms with Gasteiger partial charge in [0.05, 0.1) is 5.02 Å². The van der Waals surface area contributed by atoms with Crippen LogP contribution in [0.3, 0.4) is 0 Å². The molecule has 17 heavy (non-hydrogen) atoms. The van der Waals surface area contributed by atoms with Gasteiger partial charge in [-0.2, -0.15) is 0 Å². The predicted octanol–water partition coefficient (Wildman–Crippen LogP) is 2.82. The summed E-state index contributed by atoms with van der Waals surface area (Å²) in [4.78, 5) is 6.73. The number of anilines is 1. The van der Waals surface area contributed by atoms with Crippen LogP contribution < -0.4 is 10.6 Å². The fourth-order valence-electron chi connectivity index (χ4n) is 2.48. The molecule has 4 heteroatoms. The molecule has 2 heterocycles. The maximum atomic E-state index is 6.25. The number of nitrogens with zero attached hydrogens (tertiary/aromatic N) is 2. The Hall–Kier alpha value is -0.800. The van der Waals surface area contributed by atoms with Gasteiger partial charge in [0.2, 0.25) is 0 Å². The molecule has 0 aliphatic carbocycles. The number of halogens is 1. The monoisotopic (exact) mass is 253 g/mol. The maximum Gasteiger partial charge on any atom is 0.147 e. The first kappa shape index (κ1) is 12.7. The second kappa shape index (κ2) is 5.69. The summed E-state index contributed by atoms with van der Waals surface area (Å²) in [6.45, 7) is 4.89. The molecule has 1 fully saturated rings. The Morgan fingerprint density at radius 1 is 1.59 bits per heavy atom. The highest BCUT2D eigenvalue weighted by atomic mass is 35.5. The van der Waals surface area contributed by atoms with E-state index in [0.29, 0.717) is 6.54 Å². The number of aromatic nitrogens is 1. The summed E-state index contributed by atoms with van der Waals surface area (Å²) in [5.41, 5.74) is 6.56. The van der Waals surface area contributed by atoms with Gasteiger partial charge in [-0.15, -0.1) is 0 Å². The van der Waals surface area contributed by atoms with Crippen LogP contribution >= 0.6 is 11.6 Å². The topological polar surface area (TPSA) is 42.2 Å². The second-order valence-corrected chi connectivity index (χ2v) is 5.15. The van der Waals surface area contributed by atoms with E-state index in [1.54, 1.807) is 0 Å². The Balaban J connectivity index is 2.08. The lowest BCUT2D eigenvalue weighted by Gasteiger charge is -2.19. The van der Waals surface area contributed by atoms with Crippen molar-refractivity contribution < 1.29 is 0 Å². The van der Waals surface area contributed by atoms with Gasteiger partial charge in [-0.05, 0) is 30.4 Å². The van der Waals surface area contributed by atoms with E-state index in [-0.39, 0.29) is 0 Å². The molecule has 3 nitrogen and oxygen atoms in total. The number of nitrogens with two attached hydrogens (primary N) is 1. The van der Waals surface area contributed by atoms with Crippen LogP contribution in [-0.4, -0.2) is 18.1 Å². The smallest absolute Gasteiger partial charge is 0.147 e. The zero-order chi connectivity index (χ0) is 12.3. The van der Waals surface area contributed by atoms with Crippen LogP contribution in [0.2, 0.25) is 5.02 Å². The summed E-state index contributed by atoms with van der Waals surface area (Å²) < 4.78 is 0. The fraction of sp³-hybridized carbons (Fsp3) is 0.615. The van der Waals surface area contributed by atoms with Gasteiger partial charge in [-0.1, -0.05) is 24.9 Å².